The van der Waals surface area contributed by atoms with E-state index in [1.807, 2.05) is 0 Å². The van der Waals surface area contributed by atoms with E-state index in [1.54, 1.807) is 7.11 Å². The molecule has 0 aromatic carbocycles. The largest absolute Gasteiger partial charge is 0.377 e. The number of nitrogens with two attached hydrogens (primary N) is 1. The second-order valence-corrected chi connectivity index (χ2v) is 4.45. The van der Waals surface area contributed by atoms with Crippen LogP contribution in [0.5, 0.6) is 0 Å². The van der Waals surface area contributed by atoms with Crippen LogP contribution in [-0.2, 0) is 17.8 Å². The summed E-state index contributed by atoms with van der Waals surface area (Å²) >= 11 is 0. The lowest BCUT2D eigenvalue weighted by Crippen LogP contribution is -2.34. The van der Waals surface area contributed by atoms with E-state index < -0.39 is 0 Å². The van der Waals surface area contributed by atoms with E-state index in [1.165, 1.54) is 19.3 Å². The van der Waals surface area contributed by atoms with Crippen LogP contribution in [0.4, 0.5) is 0 Å². The van der Waals surface area contributed by atoms with E-state index in [0.717, 1.165) is 12.8 Å². The highest BCUT2D eigenvalue weighted by Gasteiger charge is 2.24. The van der Waals surface area contributed by atoms with E-state index in [4.69, 9.17) is 15.0 Å². The number of rotatable bonds is 4. The number of ether oxygens (including phenoxy) is 1. The van der Waals surface area contributed by atoms with Gasteiger partial charge in [0, 0.05) is 19.6 Å². The van der Waals surface area contributed by atoms with Gasteiger partial charge in [-0.3, -0.25) is 0 Å². The maximum Gasteiger partial charge on any atom is 0.227 e. The molecule has 2 N–H and O–H groups in total. The van der Waals surface area contributed by atoms with Crippen molar-refractivity contribution in [3.05, 3.63) is 11.7 Å². The highest BCUT2D eigenvalue weighted by atomic mass is 16.5. The summed E-state index contributed by atoms with van der Waals surface area (Å²) in [5.74, 6) is 1.79. The summed E-state index contributed by atoms with van der Waals surface area (Å²) in [6.07, 6.45) is 5.60. The van der Waals surface area contributed by atoms with Crippen molar-refractivity contribution in [3.8, 4) is 0 Å². The van der Waals surface area contributed by atoms with Crippen LogP contribution in [0.1, 0.15) is 37.4 Å². The zero-order valence-corrected chi connectivity index (χ0v) is 9.69. The molecule has 0 radical (unpaired) electrons. The summed E-state index contributed by atoms with van der Waals surface area (Å²) in [5.41, 5.74) is 6.08. The summed E-state index contributed by atoms with van der Waals surface area (Å²) in [4.78, 5) is 4.27. The third-order valence-electron chi connectivity index (χ3n) is 3.19. The molecule has 1 aromatic rings. The predicted molar refractivity (Wildman–Crippen MR) is 58.6 cm³/mol. The molecule has 1 heterocycles. The summed E-state index contributed by atoms with van der Waals surface area (Å²) in [5, 5.41) is 3.84. The smallest absolute Gasteiger partial charge is 0.227 e. The molecule has 2 unspecified atom stereocenters. The minimum atomic E-state index is 0.284. The Balaban J connectivity index is 1.91. The van der Waals surface area contributed by atoms with Crippen molar-refractivity contribution in [2.75, 3.05) is 7.11 Å². The first-order valence-electron chi connectivity index (χ1n) is 5.85. The van der Waals surface area contributed by atoms with Gasteiger partial charge in [0.2, 0.25) is 5.89 Å². The molecule has 0 amide bonds. The molecular formula is C11H19N3O2. The van der Waals surface area contributed by atoms with Crippen molar-refractivity contribution in [1.82, 2.24) is 10.1 Å². The fraction of sp³-hybridized carbons (Fsp3) is 0.818. The molecule has 0 spiro atoms. The Morgan fingerprint density at radius 1 is 1.44 bits per heavy atom. The maximum absolute atomic E-state index is 6.08. The van der Waals surface area contributed by atoms with Gasteiger partial charge in [-0.05, 0) is 18.8 Å². The van der Waals surface area contributed by atoms with Gasteiger partial charge in [-0.15, -0.1) is 0 Å². The lowest BCUT2D eigenvalue weighted by molar-refractivity contribution is 0.174. The quantitative estimate of drug-likeness (QED) is 0.835. The molecule has 0 bridgehead atoms. The standard InChI is InChI=1S/C11H19N3O2/c1-15-7-10-13-11(16-14-10)6-8-4-2-3-5-9(8)12/h8-9H,2-7,12H2,1H3. The highest BCUT2D eigenvalue weighted by molar-refractivity contribution is 4.90. The van der Waals surface area contributed by atoms with Crippen LogP contribution < -0.4 is 5.73 Å². The second-order valence-electron chi connectivity index (χ2n) is 4.45. The highest BCUT2D eigenvalue weighted by Crippen LogP contribution is 2.25. The second kappa shape index (κ2) is 5.41. The zero-order valence-electron chi connectivity index (χ0n) is 9.69. The average molecular weight is 225 g/mol. The summed E-state index contributed by atoms with van der Waals surface area (Å²) < 4.78 is 10.1. The first-order valence-corrected chi connectivity index (χ1v) is 5.85. The fourth-order valence-electron chi connectivity index (χ4n) is 2.27. The fourth-order valence-corrected chi connectivity index (χ4v) is 2.27. The van der Waals surface area contributed by atoms with E-state index in [0.29, 0.717) is 24.2 Å². The average Bonchev–Trinajstić information content (AvgIpc) is 2.70. The summed E-state index contributed by atoms with van der Waals surface area (Å²) in [6, 6.07) is 0.284. The molecular weight excluding hydrogens is 206 g/mol. The van der Waals surface area contributed by atoms with E-state index >= 15 is 0 Å². The molecule has 1 aliphatic rings. The summed E-state index contributed by atoms with van der Waals surface area (Å²) in [6.45, 7) is 0.403. The van der Waals surface area contributed by atoms with Crippen molar-refractivity contribution in [2.24, 2.45) is 11.7 Å². The van der Waals surface area contributed by atoms with Crippen LogP contribution >= 0.6 is 0 Å². The lowest BCUT2D eigenvalue weighted by Gasteiger charge is -2.27. The van der Waals surface area contributed by atoms with Crippen molar-refractivity contribution >= 4 is 0 Å². The molecule has 5 heteroatoms. The molecule has 1 aromatic heterocycles. The third kappa shape index (κ3) is 2.80. The van der Waals surface area contributed by atoms with Crippen molar-refractivity contribution in [3.63, 3.8) is 0 Å². The molecule has 2 rings (SSSR count). The first-order chi connectivity index (χ1) is 7.79. The number of hydrogen-bond donors (Lipinski definition) is 1. The lowest BCUT2D eigenvalue weighted by atomic mass is 9.83. The number of aromatic nitrogens is 2. The topological polar surface area (TPSA) is 74.2 Å². The first kappa shape index (κ1) is 11.5. The van der Waals surface area contributed by atoms with Gasteiger partial charge in [-0.1, -0.05) is 18.0 Å². The van der Waals surface area contributed by atoms with Gasteiger partial charge in [0.25, 0.3) is 0 Å². The molecule has 0 saturated heterocycles. The van der Waals surface area contributed by atoms with Gasteiger partial charge in [0.15, 0.2) is 5.82 Å². The van der Waals surface area contributed by atoms with Crippen LogP contribution in [0.15, 0.2) is 4.52 Å². The molecule has 1 aliphatic carbocycles. The Kier molecular flexibility index (Phi) is 3.90. The van der Waals surface area contributed by atoms with E-state index in [-0.39, 0.29) is 6.04 Å². The van der Waals surface area contributed by atoms with Crippen molar-refractivity contribution in [1.29, 1.82) is 0 Å². The zero-order chi connectivity index (χ0) is 11.4. The van der Waals surface area contributed by atoms with Crippen LogP contribution in [0.2, 0.25) is 0 Å². The molecule has 0 aliphatic heterocycles. The number of methoxy groups -OCH3 is 1. The van der Waals surface area contributed by atoms with Gasteiger partial charge in [0.05, 0.1) is 0 Å². The molecule has 5 nitrogen and oxygen atoms in total. The van der Waals surface area contributed by atoms with Crippen LogP contribution in [0.3, 0.4) is 0 Å². The Hall–Kier alpha value is -0.940. The van der Waals surface area contributed by atoms with Gasteiger partial charge in [0.1, 0.15) is 6.61 Å². The van der Waals surface area contributed by atoms with Crippen LogP contribution in [0.25, 0.3) is 0 Å². The Morgan fingerprint density at radius 2 is 2.25 bits per heavy atom. The summed E-state index contributed by atoms with van der Waals surface area (Å²) in [7, 11) is 1.62. The number of hydrogen-bond acceptors (Lipinski definition) is 5. The van der Waals surface area contributed by atoms with E-state index in [2.05, 4.69) is 10.1 Å². The molecule has 1 fully saturated rings. The SMILES string of the molecule is COCc1noc(CC2CCCCC2N)n1. The predicted octanol–water partition coefficient (Wildman–Crippen LogP) is 1.28. The van der Waals surface area contributed by atoms with Gasteiger partial charge in [-0.2, -0.15) is 4.98 Å². The van der Waals surface area contributed by atoms with Gasteiger partial charge >= 0.3 is 0 Å². The molecule has 2 atom stereocenters. The Bertz CT molecular complexity index is 327. The monoisotopic (exact) mass is 225 g/mol. The molecule has 90 valence electrons. The number of nitrogens with zero attached hydrogens (tertiary/aromatic N) is 2. The normalized spacial score (nSPS) is 25.9. The van der Waals surface area contributed by atoms with Crippen LogP contribution in [-0.4, -0.2) is 23.3 Å². The minimum Gasteiger partial charge on any atom is -0.377 e. The van der Waals surface area contributed by atoms with E-state index in [9.17, 15) is 0 Å². The van der Waals surface area contributed by atoms with Crippen molar-refractivity contribution < 1.29 is 9.26 Å². The minimum absolute atomic E-state index is 0.284. The maximum atomic E-state index is 6.08. The van der Waals surface area contributed by atoms with Crippen LogP contribution in [0, 0.1) is 5.92 Å². The van der Waals surface area contributed by atoms with Gasteiger partial charge < -0.3 is 15.0 Å². The third-order valence-corrected chi connectivity index (χ3v) is 3.19. The Labute approximate surface area is 95.3 Å². The van der Waals surface area contributed by atoms with Crippen molar-refractivity contribution in [2.45, 2.75) is 44.8 Å². The van der Waals surface area contributed by atoms with Gasteiger partial charge in [-0.25, -0.2) is 0 Å². The molecule has 16 heavy (non-hydrogen) atoms. The molecule has 1 saturated carbocycles. The Morgan fingerprint density at radius 3 is 3.00 bits per heavy atom.